The minimum atomic E-state index is -1.31. The van der Waals surface area contributed by atoms with Gasteiger partial charge in [0.1, 0.15) is 11.1 Å². The molecule has 1 aliphatic rings. The first kappa shape index (κ1) is 18.9. The molecular formula is C19H13NO8. The maximum atomic E-state index is 12.8. The number of ether oxygens (including phenoxy) is 2. The largest absolute Gasteiger partial charge is 0.466 e. The molecule has 0 saturated heterocycles. The van der Waals surface area contributed by atoms with E-state index in [-0.39, 0.29) is 16.7 Å². The van der Waals surface area contributed by atoms with Gasteiger partial charge in [-0.3, -0.25) is 19.7 Å². The summed E-state index contributed by atoms with van der Waals surface area (Å²) in [6, 6.07) is 8.12. The van der Waals surface area contributed by atoms with Crippen LogP contribution < -0.4 is 0 Å². The van der Waals surface area contributed by atoms with Crippen molar-refractivity contribution in [2.75, 3.05) is 7.11 Å². The zero-order valence-corrected chi connectivity index (χ0v) is 14.8. The predicted octanol–water partition coefficient (Wildman–Crippen LogP) is 2.09. The van der Waals surface area contributed by atoms with Crippen LogP contribution in [0.4, 0.5) is 5.69 Å². The van der Waals surface area contributed by atoms with E-state index >= 15 is 0 Å². The molecule has 0 spiro atoms. The number of rotatable bonds is 4. The average Bonchev–Trinajstić information content (AvgIpc) is 2.69. The Labute approximate surface area is 158 Å². The lowest BCUT2D eigenvalue weighted by atomic mass is 9.82. The molecule has 0 heterocycles. The number of nitro groups is 1. The Morgan fingerprint density at radius 1 is 1.00 bits per heavy atom. The van der Waals surface area contributed by atoms with Crippen LogP contribution in [0.3, 0.4) is 0 Å². The molecule has 9 nitrogen and oxygen atoms in total. The van der Waals surface area contributed by atoms with Gasteiger partial charge in [0.05, 0.1) is 12.0 Å². The van der Waals surface area contributed by atoms with Gasteiger partial charge in [-0.05, 0) is 19.1 Å². The quantitative estimate of drug-likeness (QED) is 0.380. The molecule has 1 unspecified atom stereocenters. The van der Waals surface area contributed by atoms with Crippen LogP contribution in [-0.4, -0.2) is 41.6 Å². The summed E-state index contributed by atoms with van der Waals surface area (Å²) < 4.78 is 9.33. The second kappa shape index (κ2) is 7.03. The monoisotopic (exact) mass is 383 g/mol. The van der Waals surface area contributed by atoms with Crippen LogP contribution in [0.2, 0.25) is 0 Å². The zero-order chi connectivity index (χ0) is 20.6. The highest BCUT2D eigenvalue weighted by molar-refractivity contribution is 6.30. The number of carbonyl (C=O) groups is 4. The number of nitro benzene ring substituents is 1. The molecule has 142 valence electrons. The topological polar surface area (TPSA) is 130 Å². The van der Waals surface area contributed by atoms with Gasteiger partial charge in [0.15, 0.2) is 11.9 Å². The average molecular weight is 383 g/mol. The molecule has 0 aromatic heterocycles. The Hall–Kier alpha value is -3.88. The summed E-state index contributed by atoms with van der Waals surface area (Å²) in [6.07, 6.45) is -1.31. The Balaban J connectivity index is 2.15. The second-order valence-electron chi connectivity index (χ2n) is 5.92. The van der Waals surface area contributed by atoms with E-state index in [1.807, 2.05) is 0 Å². The number of esters is 2. The van der Waals surface area contributed by atoms with Crippen LogP contribution in [0.25, 0.3) is 0 Å². The van der Waals surface area contributed by atoms with E-state index in [9.17, 15) is 29.3 Å². The van der Waals surface area contributed by atoms with Crippen molar-refractivity contribution in [2.45, 2.75) is 13.0 Å². The van der Waals surface area contributed by atoms with Crippen molar-refractivity contribution < 1.29 is 33.6 Å². The van der Waals surface area contributed by atoms with E-state index in [0.717, 1.165) is 19.2 Å². The Morgan fingerprint density at radius 3 is 2.18 bits per heavy atom. The van der Waals surface area contributed by atoms with Crippen molar-refractivity contribution in [3.05, 3.63) is 74.3 Å². The van der Waals surface area contributed by atoms with E-state index in [1.54, 1.807) is 6.07 Å². The highest BCUT2D eigenvalue weighted by atomic mass is 16.6. The van der Waals surface area contributed by atoms with E-state index in [2.05, 4.69) is 4.74 Å². The van der Waals surface area contributed by atoms with Crippen LogP contribution in [0.1, 0.15) is 49.1 Å². The Kier molecular flexibility index (Phi) is 4.74. The van der Waals surface area contributed by atoms with Crippen molar-refractivity contribution >= 4 is 29.2 Å². The number of hydrogen-bond acceptors (Lipinski definition) is 8. The molecule has 9 heteroatoms. The van der Waals surface area contributed by atoms with Crippen LogP contribution in [0, 0.1) is 10.1 Å². The molecule has 28 heavy (non-hydrogen) atoms. The summed E-state index contributed by atoms with van der Waals surface area (Å²) in [4.78, 5) is 60.1. The molecular weight excluding hydrogens is 370 g/mol. The molecule has 0 bridgehead atoms. The predicted molar refractivity (Wildman–Crippen MR) is 93.3 cm³/mol. The summed E-state index contributed by atoms with van der Waals surface area (Å²) in [7, 11) is 1.09. The van der Waals surface area contributed by atoms with E-state index in [1.165, 1.54) is 25.1 Å². The molecule has 0 N–H and O–H groups in total. The third-order valence-corrected chi connectivity index (χ3v) is 4.29. The summed E-state index contributed by atoms with van der Waals surface area (Å²) in [6.45, 7) is 1.24. The number of benzene rings is 2. The molecule has 0 amide bonds. The normalized spacial score (nSPS) is 13.2. The van der Waals surface area contributed by atoms with Crippen LogP contribution in [0.15, 0.2) is 36.4 Å². The number of methoxy groups -OCH3 is 1. The molecule has 2 aromatic carbocycles. The minimum absolute atomic E-state index is 0.0107. The number of hydrogen-bond donors (Lipinski definition) is 0. The highest BCUT2D eigenvalue weighted by Crippen LogP contribution is 2.35. The van der Waals surface area contributed by atoms with Gasteiger partial charge in [-0.15, -0.1) is 0 Å². The zero-order valence-electron chi connectivity index (χ0n) is 14.8. The van der Waals surface area contributed by atoms with Gasteiger partial charge in [0.2, 0.25) is 5.78 Å². The van der Waals surface area contributed by atoms with E-state index in [4.69, 9.17) is 4.74 Å². The van der Waals surface area contributed by atoms with Gasteiger partial charge in [0.25, 0.3) is 5.69 Å². The number of ketones is 2. The van der Waals surface area contributed by atoms with Gasteiger partial charge < -0.3 is 9.47 Å². The van der Waals surface area contributed by atoms with Gasteiger partial charge in [-0.1, -0.05) is 24.3 Å². The SMILES string of the molecule is COC(=O)C(C)OC(=O)c1ccc2c(c1[N+](=O)[O-])C(=O)c1ccccc1C2=O. The summed E-state index contributed by atoms with van der Waals surface area (Å²) in [5.41, 5.74) is -1.89. The van der Waals surface area contributed by atoms with Crippen LogP contribution in [0.5, 0.6) is 0 Å². The first-order valence-corrected chi connectivity index (χ1v) is 8.06. The molecule has 2 aromatic rings. The molecule has 0 fully saturated rings. The lowest BCUT2D eigenvalue weighted by Crippen LogP contribution is -2.27. The Bertz CT molecular complexity index is 1060. The summed E-state index contributed by atoms with van der Waals surface area (Å²) >= 11 is 0. The fraction of sp³-hybridized carbons (Fsp3) is 0.158. The minimum Gasteiger partial charge on any atom is -0.466 e. The van der Waals surface area contributed by atoms with E-state index in [0.29, 0.717) is 0 Å². The lowest BCUT2D eigenvalue weighted by molar-refractivity contribution is -0.385. The molecule has 0 radical (unpaired) electrons. The number of fused-ring (bicyclic) bond motifs is 2. The lowest BCUT2D eigenvalue weighted by Gasteiger charge is -2.18. The smallest absolute Gasteiger partial charge is 0.346 e. The molecule has 3 rings (SSSR count). The van der Waals surface area contributed by atoms with E-state index < -0.39 is 51.3 Å². The van der Waals surface area contributed by atoms with Crippen LogP contribution in [-0.2, 0) is 14.3 Å². The van der Waals surface area contributed by atoms with Crippen molar-refractivity contribution in [2.24, 2.45) is 0 Å². The fourth-order valence-electron chi connectivity index (χ4n) is 2.96. The number of carbonyl (C=O) groups excluding carboxylic acids is 4. The van der Waals surface area contributed by atoms with Gasteiger partial charge in [0, 0.05) is 16.7 Å². The van der Waals surface area contributed by atoms with Crippen LogP contribution >= 0.6 is 0 Å². The Morgan fingerprint density at radius 2 is 1.61 bits per heavy atom. The third kappa shape index (κ3) is 2.92. The van der Waals surface area contributed by atoms with Crippen molar-refractivity contribution in [3.8, 4) is 0 Å². The molecule has 0 aliphatic heterocycles. The molecule has 1 atom stereocenters. The fourth-order valence-corrected chi connectivity index (χ4v) is 2.96. The van der Waals surface area contributed by atoms with Gasteiger partial charge in [-0.2, -0.15) is 0 Å². The third-order valence-electron chi connectivity index (χ3n) is 4.29. The van der Waals surface area contributed by atoms with Crippen molar-refractivity contribution in [1.82, 2.24) is 0 Å². The molecule has 1 aliphatic carbocycles. The standard InChI is InChI=1S/C19H13NO8/c1-9(18(23)27-2)28-19(24)13-8-7-12-14(15(13)20(25)26)17(22)11-6-4-3-5-10(11)16(12)21/h3-9H,1-2H3. The highest BCUT2D eigenvalue weighted by Gasteiger charge is 2.39. The first-order chi connectivity index (χ1) is 13.3. The maximum absolute atomic E-state index is 12.8. The molecule has 0 saturated carbocycles. The van der Waals surface area contributed by atoms with Crippen molar-refractivity contribution in [3.63, 3.8) is 0 Å². The summed E-state index contributed by atoms with van der Waals surface area (Å²) in [5.74, 6) is -3.34. The summed E-state index contributed by atoms with van der Waals surface area (Å²) in [5, 5.41) is 11.7. The number of nitrogens with zero attached hydrogens (tertiary/aromatic N) is 1. The van der Waals surface area contributed by atoms with Gasteiger partial charge in [-0.25, -0.2) is 9.59 Å². The second-order valence-corrected chi connectivity index (χ2v) is 5.92. The first-order valence-electron chi connectivity index (χ1n) is 8.06. The van der Waals surface area contributed by atoms with Crippen molar-refractivity contribution in [1.29, 1.82) is 0 Å². The maximum Gasteiger partial charge on any atom is 0.346 e. The van der Waals surface area contributed by atoms with Gasteiger partial charge >= 0.3 is 11.9 Å².